The average Bonchev–Trinajstić information content (AvgIpc) is 3.06. The van der Waals surface area contributed by atoms with Crippen molar-refractivity contribution in [2.24, 2.45) is 7.05 Å². The molecule has 18 heavy (non-hydrogen) atoms. The largest absolute Gasteiger partial charge is 0.363 e. The zero-order valence-corrected chi connectivity index (χ0v) is 11.0. The van der Waals surface area contributed by atoms with E-state index in [0.29, 0.717) is 24.1 Å². The highest BCUT2D eigenvalue weighted by Crippen LogP contribution is 2.27. The van der Waals surface area contributed by atoms with E-state index in [0.717, 1.165) is 6.54 Å². The number of rotatable bonds is 6. The van der Waals surface area contributed by atoms with Crippen LogP contribution in [0.4, 0.5) is 11.5 Å². The molecular weight excluding hydrogens is 234 g/mol. The van der Waals surface area contributed by atoms with Gasteiger partial charge in [0, 0.05) is 26.2 Å². The van der Waals surface area contributed by atoms with Gasteiger partial charge in [-0.25, -0.2) is 4.68 Å². The number of aryl methyl sites for hydroxylation is 2. The van der Waals surface area contributed by atoms with Gasteiger partial charge >= 0.3 is 5.69 Å². The second-order valence-corrected chi connectivity index (χ2v) is 4.80. The number of aromatic nitrogens is 2. The van der Waals surface area contributed by atoms with Gasteiger partial charge in [0.05, 0.1) is 4.92 Å². The molecule has 0 saturated heterocycles. The number of nitrogens with zero attached hydrogens (tertiary/aromatic N) is 4. The Kier molecular flexibility index (Phi) is 3.51. The summed E-state index contributed by atoms with van der Waals surface area (Å²) in [5.41, 5.74) is 0.520. The molecule has 0 aliphatic heterocycles. The Hall–Kier alpha value is -1.63. The first-order valence-electron chi connectivity index (χ1n) is 6.12. The summed E-state index contributed by atoms with van der Waals surface area (Å²) < 4.78 is 1.53. The van der Waals surface area contributed by atoms with Gasteiger partial charge in [0.2, 0.25) is 5.82 Å². The molecule has 2 rings (SSSR count). The number of nitrogens with one attached hydrogen (secondary N) is 1. The molecule has 1 aliphatic rings. The van der Waals surface area contributed by atoms with E-state index in [1.165, 1.54) is 17.5 Å². The van der Waals surface area contributed by atoms with Gasteiger partial charge in [0.15, 0.2) is 0 Å². The van der Waals surface area contributed by atoms with Crippen molar-refractivity contribution in [3.63, 3.8) is 0 Å². The Morgan fingerprint density at radius 2 is 2.28 bits per heavy atom. The molecule has 0 atom stereocenters. The lowest BCUT2D eigenvalue weighted by atomic mass is 10.4. The van der Waals surface area contributed by atoms with Crippen LogP contribution in [0.3, 0.4) is 0 Å². The summed E-state index contributed by atoms with van der Waals surface area (Å²) in [4.78, 5) is 12.9. The molecule has 0 bridgehead atoms. The number of hydrogen-bond donors (Lipinski definition) is 1. The van der Waals surface area contributed by atoms with Crippen LogP contribution in [0.5, 0.6) is 0 Å². The minimum absolute atomic E-state index is 0.0755. The van der Waals surface area contributed by atoms with Crippen LogP contribution in [-0.2, 0) is 7.05 Å². The van der Waals surface area contributed by atoms with Crippen molar-refractivity contribution in [1.29, 1.82) is 0 Å². The minimum atomic E-state index is -0.380. The maximum atomic E-state index is 11.0. The monoisotopic (exact) mass is 253 g/mol. The lowest BCUT2D eigenvalue weighted by molar-refractivity contribution is -0.384. The van der Waals surface area contributed by atoms with Crippen LogP contribution in [0.1, 0.15) is 18.5 Å². The van der Waals surface area contributed by atoms with E-state index in [2.05, 4.69) is 22.4 Å². The van der Waals surface area contributed by atoms with Gasteiger partial charge in [-0.15, -0.1) is 0 Å². The van der Waals surface area contributed by atoms with Crippen LogP contribution >= 0.6 is 0 Å². The first-order valence-corrected chi connectivity index (χ1v) is 6.12. The Bertz CT molecular complexity index is 453. The van der Waals surface area contributed by atoms with Crippen LogP contribution < -0.4 is 5.32 Å². The van der Waals surface area contributed by atoms with E-state index < -0.39 is 0 Å². The van der Waals surface area contributed by atoms with Crippen molar-refractivity contribution in [1.82, 2.24) is 14.7 Å². The van der Waals surface area contributed by atoms with Gasteiger partial charge < -0.3 is 10.2 Å². The number of anilines is 1. The summed E-state index contributed by atoms with van der Waals surface area (Å²) in [6.45, 7) is 3.22. The van der Waals surface area contributed by atoms with Crippen LogP contribution in [0.25, 0.3) is 0 Å². The topological polar surface area (TPSA) is 76.2 Å². The summed E-state index contributed by atoms with van der Waals surface area (Å²) in [6.07, 6.45) is 2.53. The predicted octanol–water partition coefficient (Wildman–Crippen LogP) is 1.14. The van der Waals surface area contributed by atoms with Gasteiger partial charge in [-0.05, 0) is 26.8 Å². The molecule has 7 nitrogen and oxygen atoms in total. The van der Waals surface area contributed by atoms with Crippen molar-refractivity contribution in [2.75, 3.05) is 25.5 Å². The molecular formula is C11H19N5O2. The highest BCUT2D eigenvalue weighted by Gasteiger charge is 2.26. The molecule has 0 radical (unpaired) electrons. The predicted molar refractivity (Wildman–Crippen MR) is 68.7 cm³/mol. The third-order valence-corrected chi connectivity index (χ3v) is 3.30. The first-order chi connectivity index (χ1) is 8.50. The Morgan fingerprint density at radius 3 is 2.83 bits per heavy atom. The highest BCUT2D eigenvalue weighted by molar-refractivity contribution is 5.59. The molecule has 0 aromatic carbocycles. The zero-order chi connectivity index (χ0) is 13.3. The average molecular weight is 253 g/mol. The van der Waals surface area contributed by atoms with Crippen molar-refractivity contribution in [2.45, 2.75) is 25.8 Å². The Balaban J connectivity index is 1.97. The molecule has 1 N–H and O–H groups in total. The van der Waals surface area contributed by atoms with Crippen molar-refractivity contribution >= 4 is 11.5 Å². The van der Waals surface area contributed by atoms with E-state index >= 15 is 0 Å². The Labute approximate surface area is 106 Å². The highest BCUT2D eigenvalue weighted by atomic mass is 16.6. The van der Waals surface area contributed by atoms with E-state index in [4.69, 9.17) is 0 Å². The SMILES string of the molecule is Cc1nn(C)c(NCCN(C)C2CC2)c1[N+](=O)[O-]. The number of hydrogen-bond acceptors (Lipinski definition) is 5. The summed E-state index contributed by atoms with van der Waals surface area (Å²) in [5.74, 6) is 0.488. The second kappa shape index (κ2) is 4.93. The van der Waals surface area contributed by atoms with Crippen molar-refractivity contribution in [3.8, 4) is 0 Å². The second-order valence-electron chi connectivity index (χ2n) is 4.80. The molecule has 1 heterocycles. The molecule has 0 spiro atoms. The van der Waals surface area contributed by atoms with Crippen LogP contribution in [0.2, 0.25) is 0 Å². The molecule has 7 heteroatoms. The van der Waals surface area contributed by atoms with Gasteiger partial charge in [-0.2, -0.15) is 5.10 Å². The Morgan fingerprint density at radius 1 is 1.61 bits per heavy atom. The van der Waals surface area contributed by atoms with Gasteiger partial charge in [-0.1, -0.05) is 0 Å². The summed E-state index contributed by atoms with van der Waals surface area (Å²) in [7, 11) is 3.80. The summed E-state index contributed by atoms with van der Waals surface area (Å²) in [6, 6.07) is 0.704. The zero-order valence-electron chi connectivity index (χ0n) is 11.0. The van der Waals surface area contributed by atoms with E-state index in [9.17, 15) is 10.1 Å². The number of nitro groups is 1. The molecule has 1 aliphatic carbocycles. The van der Waals surface area contributed by atoms with Crippen LogP contribution in [0, 0.1) is 17.0 Å². The molecule has 0 amide bonds. The summed E-state index contributed by atoms with van der Waals surface area (Å²) >= 11 is 0. The molecule has 1 fully saturated rings. The lowest BCUT2D eigenvalue weighted by Crippen LogP contribution is -2.27. The van der Waals surface area contributed by atoms with Gasteiger partial charge in [0.25, 0.3) is 0 Å². The third kappa shape index (κ3) is 2.61. The molecule has 1 saturated carbocycles. The first kappa shape index (κ1) is 12.8. The quantitative estimate of drug-likeness (QED) is 0.607. The fourth-order valence-corrected chi connectivity index (χ4v) is 2.11. The van der Waals surface area contributed by atoms with Crippen LogP contribution in [0.15, 0.2) is 0 Å². The molecule has 1 aromatic heterocycles. The molecule has 100 valence electrons. The van der Waals surface area contributed by atoms with Crippen LogP contribution in [-0.4, -0.2) is 45.8 Å². The summed E-state index contributed by atoms with van der Waals surface area (Å²) in [5, 5.41) is 18.2. The van der Waals surface area contributed by atoms with E-state index in [-0.39, 0.29) is 10.6 Å². The smallest absolute Gasteiger partial charge is 0.333 e. The van der Waals surface area contributed by atoms with Crippen molar-refractivity contribution < 1.29 is 4.92 Å². The lowest BCUT2D eigenvalue weighted by Gasteiger charge is -2.15. The molecule has 1 aromatic rings. The molecule has 0 unspecified atom stereocenters. The maximum Gasteiger partial charge on any atom is 0.333 e. The third-order valence-electron chi connectivity index (χ3n) is 3.30. The fraction of sp³-hybridized carbons (Fsp3) is 0.727. The van der Waals surface area contributed by atoms with E-state index in [1.807, 2.05) is 0 Å². The fourth-order valence-electron chi connectivity index (χ4n) is 2.11. The van der Waals surface area contributed by atoms with Gasteiger partial charge in [0.1, 0.15) is 5.69 Å². The minimum Gasteiger partial charge on any atom is -0.363 e. The maximum absolute atomic E-state index is 11.0. The van der Waals surface area contributed by atoms with E-state index in [1.54, 1.807) is 14.0 Å². The standard InChI is InChI=1S/C11H19N5O2/c1-8-10(16(17)18)11(15(3)13-8)12-6-7-14(2)9-4-5-9/h9,12H,4-7H2,1-3H3. The normalized spacial score (nSPS) is 15.1. The number of likely N-dealkylation sites (N-methyl/N-ethyl adjacent to an activating group) is 1. The van der Waals surface area contributed by atoms with Gasteiger partial charge in [-0.3, -0.25) is 10.1 Å². The van der Waals surface area contributed by atoms with Crippen molar-refractivity contribution in [3.05, 3.63) is 15.8 Å².